The first-order valence-electron chi connectivity index (χ1n) is 7.26. The van der Waals surface area contributed by atoms with Gasteiger partial charge in [-0.1, -0.05) is 18.2 Å². The van der Waals surface area contributed by atoms with Gasteiger partial charge in [0.2, 0.25) is 0 Å². The fourth-order valence-corrected chi connectivity index (χ4v) is 3.14. The Bertz CT molecular complexity index is 599. The molecule has 1 aliphatic rings. The zero-order valence-corrected chi connectivity index (χ0v) is 11.6. The molecule has 0 radical (unpaired) electrons. The highest BCUT2D eigenvalue weighted by atomic mass is 16.3. The monoisotopic (exact) mass is 271 g/mol. The Balaban J connectivity index is 2.01. The molecule has 1 aliphatic heterocycles. The van der Waals surface area contributed by atoms with E-state index in [1.165, 1.54) is 11.1 Å². The number of aromatic nitrogens is 1. The van der Waals surface area contributed by atoms with E-state index in [4.69, 9.17) is 10.8 Å². The highest BCUT2D eigenvalue weighted by Gasteiger charge is 2.25. The van der Waals surface area contributed by atoms with Gasteiger partial charge >= 0.3 is 0 Å². The number of nitrogens with zero attached hydrogens (tertiary/aromatic N) is 2. The van der Waals surface area contributed by atoms with E-state index in [0.29, 0.717) is 12.5 Å². The average molecular weight is 271 g/mol. The number of rotatable bonds is 4. The van der Waals surface area contributed by atoms with Crippen LogP contribution in [0.2, 0.25) is 0 Å². The molecule has 0 spiro atoms. The SMILES string of the molecule is NCc1cnc2ccccc2c1N1CCC(CCO)C1. The minimum Gasteiger partial charge on any atom is -0.396 e. The molecule has 1 aromatic heterocycles. The third kappa shape index (κ3) is 2.37. The van der Waals surface area contributed by atoms with Crippen molar-refractivity contribution >= 4 is 16.6 Å². The van der Waals surface area contributed by atoms with Crippen molar-refractivity contribution in [3.63, 3.8) is 0 Å². The summed E-state index contributed by atoms with van der Waals surface area (Å²) in [4.78, 5) is 6.90. The first-order valence-corrected chi connectivity index (χ1v) is 7.26. The minimum absolute atomic E-state index is 0.277. The van der Waals surface area contributed by atoms with Gasteiger partial charge in [0.05, 0.1) is 11.2 Å². The summed E-state index contributed by atoms with van der Waals surface area (Å²) in [6.07, 6.45) is 3.93. The molecule has 1 aromatic carbocycles. The number of aliphatic hydroxyl groups is 1. The molecule has 3 rings (SSSR count). The summed E-state index contributed by atoms with van der Waals surface area (Å²) in [5, 5.41) is 10.3. The molecule has 0 aliphatic carbocycles. The van der Waals surface area contributed by atoms with Crippen LogP contribution in [0.3, 0.4) is 0 Å². The van der Waals surface area contributed by atoms with E-state index >= 15 is 0 Å². The van der Waals surface area contributed by atoms with Gasteiger partial charge in [0.1, 0.15) is 0 Å². The van der Waals surface area contributed by atoms with Crippen LogP contribution in [0.1, 0.15) is 18.4 Å². The lowest BCUT2D eigenvalue weighted by molar-refractivity contribution is 0.263. The fourth-order valence-electron chi connectivity index (χ4n) is 3.14. The van der Waals surface area contributed by atoms with Crippen molar-refractivity contribution in [2.24, 2.45) is 11.7 Å². The first kappa shape index (κ1) is 13.3. The third-order valence-electron chi connectivity index (χ3n) is 4.18. The Morgan fingerprint density at radius 1 is 1.35 bits per heavy atom. The smallest absolute Gasteiger partial charge is 0.0723 e. The van der Waals surface area contributed by atoms with Crippen LogP contribution < -0.4 is 10.6 Å². The van der Waals surface area contributed by atoms with Crippen molar-refractivity contribution in [3.05, 3.63) is 36.0 Å². The van der Waals surface area contributed by atoms with Crippen LogP contribution in [0.5, 0.6) is 0 Å². The molecule has 0 amide bonds. The van der Waals surface area contributed by atoms with Crippen molar-refractivity contribution in [1.82, 2.24) is 4.98 Å². The van der Waals surface area contributed by atoms with Gasteiger partial charge in [-0.05, 0) is 24.8 Å². The molecule has 2 aromatic rings. The summed E-state index contributed by atoms with van der Waals surface area (Å²) in [5.41, 5.74) is 9.25. The van der Waals surface area contributed by atoms with Crippen LogP contribution in [0.15, 0.2) is 30.5 Å². The third-order valence-corrected chi connectivity index (χ3v) is 4.18. The average Bonchev–Trinajstić information content (AvgIpc) is 2.94. The second-order valence-corrected chi connectivity index (χ2v) is 5.47. The molecule has 20 heavy (non-hydrogen) atoms. The Labute approximate surface area is 119 Å². The van der Waals surface area contributed by atoms with Crippen molar-refractivity contribution < 1.29 is 5.11 Å². The number of para-hydroxylation sites is 1. The van der Waals surface area contributed by atoms with E-state index in [1.54, 1.807) is 0 Å². The number of nitrogens with two attached hydrogens (primary N) is 1. The lowest BCUT2D eigenvalue weighted by Crippen LogP contribution is -2.22. The van der Waals surface area contributed by atoms with Gasteiger partial charge in [-0.2, -0.15) is 0 Å². The molecular formula is C16H21N3O. The van der Waals surface area contributed by atoms with E-state index < -0.39 is 0 Å². The molecule has 0 bridgehead atoms. The summed E-state index contributed by atoms with van der Waals surface area (Å²) in [6, 6.07) is 8.23. The second-order valence-electron chi connectivity index (χ2n) is 5.47. The lowest BCUT2D eigenvalue weighted by atomic mass is 10.1. The van der Waals surface area contributed by atoms with Gasteiger partial charge in [-0.3, -0.25) is 4.98 Å². The molecule has 2 heterocycles. The van der Waals surface area contributed by atoms with Crippen LogP contribution in [0.4, 0.5) is 5.69 Å². The maximum atomic E-state index is 9.11. The summed E-state index contributed by atoms with van der Waals surface area (Å²) in [5.74, 6) is 0.581. The summed E-state index contributed by atoms with van der Waals surface area (Å²) < 4.78 is 0. The largest absolute Gasteiger partial charge is 0.396 e. The zero-order valence-electron chi connectivity index (χ0n) is 11.6. The lowest BCUT2D eigenvalue weighted by Gasteiger charge is -2.23. The van der Waals surface area contributed by atoms with E-state index in [2.05, 4.69) is 22.0 Å². The number of hydrogen-bond donors (Lipinski definition) is 2. The van der Waals surface area contributed by atoms with E-state index in [1.807, 2.05) is 18.3 Å². The van der Waals surface area contributed by atoms with E-state index in [0.717, 1.165) is 37.0 Å². The molecule has 1 saturated heterocycles. The van der Waals surface area contributed by atoms with E-state index in [9.17, 15) is 0 Å². The number of anilines is 1. The predicted octanol–water partition coefficient (Wildman–Crippen LogP) is 1.90. The fraction of sp³-hybridized carbons (Fsp3) is 0.438. The van der Waals surface area contributed by atoms with Crippen molar-refractivity contribution in [2.45, 2.75) is 19.4 Å². The van der Waals surface area contributed by atoms with Crippen LogP contribution >= 0.6 is 0 Å². The quantitative estimate of drug-likeness (QED) is 0.891. The number of fused-ring (bicyclic) bond motifs is 1. The number of pyridine rings is 1. The molecule has 4 heteroatoms. The van der Waals surface area contributed by atoms with E-state index in [-0.39, 0.29) is 6.61 Å². The Hall–Kier alpha value is -1.65. The van der Waals surface area contributed by atoms with Crippen LogP contribution in [-0.4, -0.2) is 29.8 Å². The molecule has 106 valence electrons. The van der Waals surface area contributed by atoms with Crippen LogP contribution in [0.25, 0.3) is 10.9 Å². The first-order chi connectivity index (χ1) is 9.83. The minimum atomic E-state index is 0.277. The highest BCUT2D eigenvalue weighted by Crippen LogP contribution is 2.33. The Kier molecular flexibility index (Phi) is 3.85. The molecule has 1 fully saturated rings. The highest BCUT2D eigenvalue weighted by molar-refractivity contribution is 5.93. The van der Waals surface area contributed by atoms with Gasteiger partial charge in [-0.15, -0.1) is 0 Å². The van der Waals surface area contributed by atoms with Crippen LogP contribution in [-0.2, 0) is 6.54 Å². The summed E-state index contributed by atoms with van der Waals surface area (Å²) >= 11 is 0. The molecular weight excluding hydrogens is 250 g/mol. The Morgan fingerprint density at radius 3 is 3.00 bits per heavy atom. The topological polar surface area (TPSA) is 62.4 Å². The maximum Gasteiger partial charge on any atom is 0.0723 e. The number of aliphatic hydroxyl groups excluding tert-OH is 1. The van der Waals surface area contributed by atoms with Crippen LogP contribution in [0, 0.1) is 5.92 Å². The van der Waals surface area contributed by atoms with Gasteiger partial charge in [0.15, 0.2) is 0 Å². The second kappa shape index (κ2) is 5.77. The number of benzene rings is 1. The molecule has 1 unspecified atom stereocenters. The van der Waals surface area contributed by atoms with Gasteiger partial charge in [0, 0.05) is 43.4 Å². The Morgan fingerprint density at radius 2 is 2.20 bits per heavy atom. The number of hydrogen-bond acceptors (Lipinski definition) is 4. The van der Waals surface area contributed by atoms with Crippen molar-refractivity contribution in [1.29, 1.82) is 0 Å². The van der Waals surface area contributed by atoms with Gasteiger partial charge < -0.3 is 15.7 Å². The summed E-state index contributed by atoms with van der Waals surface area (Å²) in [6.45, 7) is 2.82. The molecule has 1 atom stereocenters. The zero-order chi connectivity index (χ0) is 13.9. The van der Waals surface area contributed by atoms with Gasteiger partial charge in [0.25, 0.3) is 0 Å². The summed E-state index contributed by atoms with van der Waals surface area (Å²) in [7, 11) is 0. The molecule has 3 N–H and O–H groups in total. The molecule has 0 saturated carbocycles. The van der Waals surface area contributed by atoms with Crippen molar-refractivity contribution in [2.75, 3.05) is 24.6 Å². The standard InChI is InChI=1S/C16H21N3O/c17-9-13-10-18-15-4-2-1-3-14(15)16(13)19-7-5-12(11-19)6-8-20/h1-4,10,12,20H,5-9,11,17H2. The normalized spacial score (nSPS) is 18.9. The van der Waals surface area contributed by atoms with Crippen molar-refractivity contribution in [3.8, 4) is 0 Å². The predicted molar refractivity (Wildman–Crippen MR) is 81.7 cm³/mol. The molecule has 4 nitrogen and oxygen atoms in total. The maximum absolute atomic E-state index is 9.11. The van der Waals surface area contributed by atoms with Gasteiger partial charge in [-0.25, -0.2) is 0 Å².